The minimum atomic E-state index is 0.703. The first kappa shape index (κ1) is 13.1. The highest BCUT2D eigenvalue weighted by atomic mass is 79.9. The molecule has 0 bridgehead atoms. The van der Waals surface area contributed by atoms with Crippen molar-refractivity contribution in [1.82, 2.24) is 9.55 Å². The number of imidazole rings is 1. The van der Waals surface area contributed by atoms with Crippen molar-refractivity contribution in [2.45, 2.75) is 6.92 Å². The largest absolute Gasteiger partial charge is 0.330 e. The molecule has 0 aliphatic heterocycles. The van der Waals surface area contributed by atoms with Gasteiger partial charge in [-0.1, -0.05) is 37.9 Å². The Labute approximate surface area is 132 Å². The number of aromatic amines is 1. The summed E-state index contributed by atoms with van der Waals surface area (Å²) in [6, 6.07) is 12.3. The molecule has 3 rings (SSSR count). The normalized spacial score (nSPS) is 11.1. The Balaban J connectivity index is 2.42. The zero-order chi connectivity index (χ0) is 13.6. The predicted molar refractivity (Wildman–Crippen MR) is 88.6 cm³/mol. The van der Waals surface area contributed by atoms with Crippen LogP contribution < -0.4 is 0 Å². The van der Waals surface area contributed by atoms with Crippen LogP contribution >= 0.6 is 44.1 Å². The molecule has 0 saturated carbocycles. The van der Waals surface area contributed by atoms with Crippen molar-refractivity contribution in [3.05, 3.63) is 55.7 Å². The molecule has 0 radical (unpaired) electrons. The number of fused-ring (bicyclic) bond motifs is 1. The maximum absolute atomic E-state index is 5.46. The van der Waals surface area contributed by atoms with Gasteiger partial charge in [0, 0.05) is 8.95 Å². The van der Waals surface area contributed by atoms with Gasteiger partial charge in [-0.25, -0.2) is 0 Å². The third-order valence-electron chi connectivity index (χ3n) is 3.06. The summed E-state index contributed by atoms with van der Waals surface area (Å²) in [5.41, 5.74) is 4.37. The average Bonchev–Trinajstić information content (AvgIpc) is 2.68. The number of benzene rings is 2. The lowest BCUT2D eigenvalue weighted by molar-refractivity contribution is 1.05. The Morgan fingerprint density at radius 2 is 1.74 bits per heavy atom. The lowest BCUT2D eigenvalue weighted by Gasteiger charge is -2.09. The molecule has 1 N–H and O–H groups in total. The van der Waals surface area contributed by atoms with E-state index in [-0.39, 0.29) is 0 Å². The lowest BCUT2D eigenvalue weighted by Crippen LogP contribution is -1.97. The summed E-state index contributed by atoms with van der Waals surface area (Å²) < 4.78 is 4.85. The Morgan fingerprint density at radius 3 is 2.53 bits per heavy atom. The molecule has 3 aromatic rings. The second-order valence-corrected chi connectivity index (χ2v) is 6.58. The Kier molecular flexibility index (Phi) is 3.37. The van der Waals surface area contributed by atoms with Crippen molar-refractivity contribution in [2.24, 2.45) is 0 Å². The molecule has 1 heterocycles. The highest BCUT2D eigenvalue weighted by molar-refractivity contribution is 9.10. The van der Waals surface area contributed by atoms with E-state index in [0.29, 0.717) is 4.77 Å². The standard InChI is InChI=1S/C14H10Br2N2S/c1-8-2-3-9(15)6-12(8)18-13-7-10(16)4-5-11(13)17-14(18)19/h2-7H,1H3,(H,17,19). The van der Waals surface area contributed by atoms with Crippen LogP contribution in [0.1, 0.15) is 5.56 Å². The molecule has 0 aliphatic carbocycles. The number of nitrogens with one attached hydrogen (secondary N) is 1. The fourth-order valence-electron chi connectivity index (χ4n) is 2.14. The van der Waals surface area contributed by atoms with Gasteiger partial charge in [0.05, 0.1) is 16.7 Å². The van der Waals surface area contributed by atoms with E-state index < -0.39 is 0 Å². The number of nitrogens with zero attached hydrogens (tertiary/aromatic N) is 1. The highest BCUT2D eigenvalue weighted by Gasteiger charge is 2.09. The van der Waals surface area contributed by atoms with Crippen LogP contribution in [0.2, 0.25) is 0 Å². The maximum Gasteiger partial charge on any atom is 0.182 e. The van der Waals surface area contributed by atoms with Crippen molar-refractivity contribution < 1.29 is 0 Å². The minimum absolute atomic E-state index is 0.703. The first-order chi connectivity index (χ1) is 9.06. The molecule has 0 aliphatic rings. The van der Waals surface area contributed by atoms with Crippen molar-refractivity contribution >= 4 is 55.1 Å². The zero-order valence-corrected chi connectivity index (χ0v) is 14.1. The number of rotatable bonds is 1. The fraction of sp³-hybridized carbons (Fsp3) is 0.0714. The highest BCUT2D eigenvalue weighted by Crippen LogP contribution is 2.26. The second-order valence-electron chi connectivity index (χ2n) is 4.36. The van der Waals surface area contributed by atoms with E-state index in [1.165, 1.54) is 5.56 Å². The average molecular weight is 398 g/mol. The van der Waals surface area contributed by atoms with Crippen molar-refractivity contribution in [2.75, 3.05) is 0 Å². The van der Waals surface area contributed by atoms with E-state index >= 15 is 0 Å². The molecule has 2 nitrogen and oxygen atoms in total. The second kappa shape index (κ2) is 4.89. The van der Waals surface area contributed by atoms with Gasteiger partial charge in [-0.15, -0.1) is 0 Å². The van der Waals surface area contributed by atoms with E-state index in [4.69, 9.17) is 12.2 Å². The number of aromatic nitrogens is 2. The molecule has 1 aromatic heterocycles. The molecule has 0 unspecified atom stereocenters. The number of hydrogen-bond donors (Lipinski definition) is 1. The molecule has 96 valence electrons. The maximum atomic E-state index is 5.46. The van der Waals surface area contributed by atoms with Crippen LogP contribution in [0.3, 0.4) is 0 Å². The summed E-state index contributed by atoms with van der Waals surface area (Å²) >= 11 is 12.5. The van der Waals surface area contributed by atoms with Gasteiger partial charge < -0.3 is 4.98 Å². The van der Waals surface area contributed by atoms with Gasteiger partial charge in [0.1, 0.15) is 0 Å². The van der Waals surface area contributed by atoms with Crippen LogP contribution in [0, 0.1) is 11.7 Å². The van der Waals surface area contributed by atoms with Gasteiger partial charge in [-0.3, -0.25) is 4.57 Å². The van der Waals surface area contributed by atoms with Crippen LogP contribution in [-0.4, -0.2) is 9.55 Å². The molecule has 0 atom stereocenters. The Bertz CT molecular complexity index is 833. The van der Waals surface area contributed by atoms with Crippen LogP contribution in [-0.2, 0) is 0 Å². The van der Waals surface area contributed by atoms with Gasteiger partial charge in [0.15, 0.2) is 4.77 Å². The third-order valence-corrected chi connectivity index (χ3v) is 4.33. The summed E-state index contributed by atoms with van der Waals surface area (Å²) in [5, 5.41) is 0. The van der Waals surface area contributed by atoms with E-state index in [1.54, 1.807) is 0 Å². The minimum Gasteiger partial charge on any atom is -0.330 e. The number of H-pyrrole nitrogens is 1. The van der Waals surface area contributed by atoms with Crippen molar-refractivity contribution in [3.63, 3.8) is 0 Å². The summed E-state index contributed by atoms with van der Waals surface area (Å²) in [4.78, 5) is 3.24. The number of hydrogen-bond acceptors (Lipinski definition) is 1. The summed E-state index contributed by atoms with van der Waals surface area (Å²) in [6.45, 7) is 2.08. The van der Waals surface area contributed by atoms with Crippen LogP contribution in [0.25, 0.3) is 16.7 Å². The molecule has 0 spiro atoms. The molecule has 0 saturated heterocycles. The van der Waals surface area contributed by atoms with Crippen molar-refractivity contribution in [3.8, 4) is 5.69 Å². The monoisotopic (exact) mass is 396 g/mol. The van der Waals surface area contributed by atoms with Gasteiger partial charge in [-0.05, 0) is 55.0 Å². The number of halogens is 2. The summed E-state index contributed by atoms with van der Waals surface area (Å²) in [6.07, 6.45) is 0. The smallest absolute Gasteiger partial charge is 0.182 e. The van der Waals surface area contributed by atoms with E-state index in [2.05, 4.69) is 66.5 Å². The molecule has 0 fully saturated rings. The molecular weight excluding hydrogens is 388 g/mol. The zero-order valence-electron chi connectivity index (χ0n) is 10.1. The number of aryl methyl sites for hydroxylation is 1. The van der Waals surface area contributed by atoms with Crippen LogP contribution in [0.4, 0.5) is 0 Å². The van der Waals surface area contributed by atoms with Gasteiger partial charge in [0.2, 0.25) is 0 Å². The molecular formula is C14H10Br2N2S. The predicted octanol–water partition coefficient (Wildman–Crippen LogP) is 5.52. The van der Waals surface area contributed by atoms with Gasteiger partial charge >= 0.3 is 0 Å². The lowest BCUT2D eigenvalue weighted by atomic mass is 10.2. The topological polar surface area (TPSA) is 20.7 Å². The molecule has 0 amide bonds. The third kappa shape index (κ3) is 2.30. The first-order valence-electron chi connectivity index (χ1n) is 5.73. The molecule has 19 heavy (non-hydrogen) atoms. The Morgan fingerprint density at radius 1 is 1.05 bits per heavy atom. The Hall–Kier alpha value is -0.910. The summed E-state index contributed by atoms with van der Waals surface area (Å²) in [7, 11) is 0. The van der Waals surface area contributed by atoms with Crippen LogP contribution in [0.15, 0.2) is 45.3 Å². The van der Waals surface area contributed by atoms with Gasteiger partial charge in [-0.2, -0.15) is 0 Å². The quantitative estimate of drug-likeness (QED) is 0.536. The van der Waals surface area contributed by atoms with E-state index in [1.807, 2.05) is 18.2 Å². The van der Waals surface area contributed by atoms with E-state index in [9.17, 15) is 0 Å². The fourth-order valence-corrected chi connectivity index (χ4v) is 3.14. The SMILES string of the molecule is Cc1ccc(Br)cc1-n1c(=S)[nH]c2ccc(Br)cc21. The molecule has 2 aromatic carbocycles. The van der Waals surface area contributed by atoms with Gasteiger partial charge in [0.25, 0.3) is 0 Å². The van der Waals surface area contributed by atoms with Crippen molar-refractivity contribution in [1.29, 1.82) is 0 Å². The first-order valence-corrected chi connectivity index (χ1v) is 7.72. The summed E-state index contributed by atoms with van der Waals surface area (Å²) in [5.74, 6) is 0. The molecule has 5 heteroatoms. The van der Waals surface area contributed by atoms with Crippen LogP contribution in [0.5, 0.6) is 0 Å². The van der Waals surface area contributed by atoms with E-state index in [0.717, 1.165) is 25.7 Å².